The first-order valence-electron chi connectivity index (χ1n) is 0. The van der Waals surface area contributed by atoms with Gasteiger partial charge >= 0.3 is 154 Å². The van der Waals surface area contributed by atoms with Crippen LogP contribution in [0.4, 0.5) is 0 Å². The Balaban J connectivity index is 0. The average Bonchev–Trinajstić information content (AvgIpc) is 0. The first-order chi connectivity index (χ1) is 0. The molecule has 0 aliphatic carbocycles. The van der Waals surface area contributed by atoms with Crippen LogP contribution in [0.3, 0.4) is 0 Å². The maximum Gasteiger partial charge on any atom is 1.00 e. The first-order valence-corrected chi connectivity index (χ1v) is 0. The third-order valence-electron chi connectivity index (χ3n) is 0. The second kappa shape index (κ2) is 22.9. The van der Waals surface area contributed by atoms with Crippen molar-refractivity contribution in [2.24, 2.45) is 0 Å². The molecule has 0 aromatic rings. The predicted octanol–water partition coefficient (Wildman–Crippen LogP) is -12.6. The molecule has 0 saturated heterocycles. The third-order valence-corrected chi connectivity index (χ3v) is 0. The van der Waals surface area contributed by atoms with Crippen LogP contribution in [0.5, 0.6) is 0 Å². The second-order valence-electron chi connectivity index (χ2n) is 0. The van der Waals surface area contributed by atoms with Gasteiger partial charge in [0, 0.05) is 0 Å². The third kappa shape index (κ3) is 17.6. The molecule has 0 aliphatic heterocycles. The average molecular weight is 173 g/mol. The molecule has 5 heteroatoms. The van der Waals surface area contributed by atoms with E-state index < -0.39 is 0 Å². The molecule has 1 nitrogen and oxygen atoms in total. The van der Waals surface area contributed by atoms with Gasteiger partial charge in [0.05, 0.1) is 0 Å². The van der Waals surface area contributed by atoms with E-state index in [2.05, 4.69) is 0 Å². The van der Waals surface area contributed by atoms with E-state index in [1.807, 2.05) is 0 Å². The van der Waals surface area contributed by atoms with Crippen molar-refractivity contribution in [1.82, 2.24) is 0 Å². The molecule has 0 heterocycles. The first kappa shape index (κ1) is 32.0. The van der Waals surface area contributed by atoms with Crippen molar-refractivity contribution in [3.05, 3.63) is 0 Å². The van der Waals surface area contributed by atoms with Crippen LogP contribution in [0.1, 0.15) is 2.85 Å². The summed E-state index contributed by atoms with van der Waals surface area (Å²) in [4.78, 5) is 0. The summed E-state index contributed by atoms with van der Waals surface area (Å²) >= 11 is 0. The molecule has 0 atom stereocenters. The number of halogens is 1. The summed E-state index contributed by atoms with van der Waals surface area (Å²) in [7, 11) is 0. The minimum Gasteiger partial charge on any atom is -1.00 e. The van der Waals surface area contributed by atoms with Gasteiger partial charge in [-0.3, -0.25) is 0 Å². The second-order valence-corrected chi connectivity index (χ2v) is 0. The molecule has 0 rings (SSSR count). The summed E-state index contributed by atoms with van der Waals surface area (Å²) in [5, 5.41) is 0. The van der Waals surface area contributed by atoms with E-state index in [-0.39, 0.29) is 175 Å². The Morgan fingerprint density at radius 3 is 0.800 bits per heavy atom. The zero-order valence-electron chi connectivity index (χ0n) is 5.88. The fraction of sp³-hybridized carbons (Fsp3) is 0. The molecule has 20 valence electrons. The Bertz CT molecular complexity index is 12.9. The smallest absolute Gasteiger partial charge is 1.00 e. The summed E-state index contributed by atoms with van der Waals surface area (Å²) in [6.45, 7) is 0. The number of hydrogen-bond acceptors (Lipinski definition) is 0. The van der Waals surface area contributed by atoms with Crippen molar-refractivity contribution in [2.45, 2.75) is 0 Å². The van der Waals surface area contributed by atoms with E-state index in [1.54, 1.807) is 0 Å². The molecule has 0 aromatic heterocycles. The van der Waals surface area contributed by atoms with E-state index in [1.165, 1.54) is 0 Å². The van der Waals surface area contributed by atoms with Gasteiger partial charge in [-0.2, -0.15) is 0 Å². The van der Waals surface area contributed by atoms with Crippen LogP contribution in [-0.4, -0.2) is 5.48 Å². The molecule has 0 radical (unpaired) electrons. The standard InChI is InChI=1S/ClH.3K.H2O.2H/h1H;;;;1H2;;/q;3*+1;;2*-1/p-1. The van der Waals surface area contributed by atoms with E-state index in [0.29, 0.717) is 0 Å². The van der Waals surface area contributed by atoms with Crippen molar-refractivity contribution in [2.75, 3.05) is 0 Å². The molecule has 0 aromatic carbocycles. The van der Waals surface area contributed by atoms with E-state index >= 15 is 0 Å². The molecule has 0 aliphatic rings. The Morgan fingerprint density at radius 1 is 0.800 bits per heavy atom. The maximum absolute atomic E-state index is 0. The van der Waals surface area contributed by atoms with Gasteiger partial charge in [-0.15, -0.1) is 0 Å². The minimum atomic E-state index is 0. The Hall–Kier alpha value is 5.16. The minimum absolute atomic E-state index is 0. The number of hydrogen-bond donors (Lipinski definition) is 0. The van der Waals surface area contributed by atoms with Gasteiger partial charge in [0.2, 0.25) is 0 Å². The fourth-order valence-corrected chi connectivity index (χ4v) is 0. The summed E-state index contributed by atoms with van der Waals surface area (Å²) in [5.41, 5.74) is 0. The van der Waals surface area contributed by atoms with E-state index in [4.69, 9.17) is 0 Å². The zero-order chi connectivity index (χ0) is 0. The Labute approximate surface area is 169 Å². The van der Waals surface area contributed by atoms with Gasteiger partial charge in [-0.05, 0) is 0 Å². The van der Waals surface area contributed by atoms with Gasteiger partial charge in [0.1, 0.15) is 0 Å². The van der Waals surface area contributed by atoms with Gasteiger partial charge in [-0.25, -0.2) is 0 Å². The molecule has 5 heavy (non-hydrogen) atoms. The Morgan fingerprint density at radius 2 is 0.800 bits per heavy atom. The van der Waals surface area contributed by atoms with Gasteiger partial charge < -0.3 is 20.7 Å². The van der Waals surface area contributed by atoms with Crippen LogP contribution in [0.15, 0.2) is 0 Å². The molecule has 0 amide bonds. The van der Waals surface area contributed by atoms with Gasteiger partial charge in [0.25, 0.3) is 0 Å². The van der Waals surface area contributed by atoms with E-state index in [0.717, 1.165) is 0 Å². The fourth-order valence-electron chi connectivity index (χ4n) is 0. The zero-order valence-corrected chi connectivity index (χ0v) is 14.0. The van der Waals surface area contributed by atoms with Gasteiger partial charge in [-0.1, -0.05) is 0 Å². The predicted molar refractivity (Wildman–Crippen MR) is 5.84 cm³/mol. The normalized spacial score (nSPS) is 0. The SMILES string of the molecule is O.[Cl-].[H-].[H-].[K+].[K+].[K+]. The largest absolute Gasteiger partial charge is 1.00 e. The van der Waals surface area contributed by atoms with Crippen molar-refractivity contribution < 1.29 is 175 Å². The molecule has 0 spiro atoms. The van der Waals surface area contributed by atoms with Crippen LogP contribution < -0.4 is 167 Å². The topological polar surface area (TPSA) is 31.5 Å². The summed E-state index contributed by atoms with van der Waals surface area (Å²) in [5.74, 6) is 0. The summed E-state index contributed by atoms with van der Waals surface area (Å²) in [6.07, 6.45) is 0. The molecule has 0 bridgehead atoms. The monoisotopic (exact) mass is 172 g/mol. The van der Waals surface area contributed by atoms with Crippen LogP contribution >= 0.6 is 0 Å². The van der Waals surface area contributed by atoms with Crippen LogP contribution in [0.2, 0.25) is 0 Å². The molecule has 0 fully saturated rings. The van der Waals surface area contributed by atoms with Crippen molar-refractivity contribution in [3.8, 4) is 0 Å². The summed E-state index contributed by atoms with van der Waals surface area (Å²) < 4.78 is 0. The molecule has 0 saturated carbocycles. The van der Waals surface area contributed by atoms with Gasteiger partial charge in [0.15, 0.2) is 0 Å². The molecular weight excluding hydrogens is 169 g/mol. The Kier molecular flexibility index (Phi) is 147. The molecular formula is H4ClK3O. The van der Waals surface area contributed by atoms with Crippen LogP contribution in [0, 0.1) is 0 Å². The van der Waals surface area contributed by atoms with Crippen molar-refractivity contribution in [3.63, 3.8) is 0 Å². The quantitative estimate of drug-likeness (QED) is 0.325. The van der Waals surface area contributed by atoms with Crippen molar-refractivity contribution >= 4 is 0 Å². The van der Waals surface area contributed by atoms with Crippen LogP contribution in [-0.2, 0) is 0 Å². The van der Waals surface area contributed by atoms with Crippen LogP contribution in [0.25, 0.3) is 0 Å². The van der Waals surface area contributed by atoms with Crippen molar-refractivity contribution in [1.29, 1.82) is 0 Å². The summed E-state index contributed by atoms with van der Waals surface area (Å²) in [6, 6.07) is 0. The molecule has 2 N–H and O–H groups in total. The number of rotatable bonds is 0. The molecule has 0 unspecified atom stereocenters. The van der Waals surface area contributed by atoms with E-state index in [9.17, 15) is 0 Å². The maximum atomic E-state index is 0.